The van der Waals surface area contributed by atoms with E-state index in [9.17, 15) is 9.59 Å². The molecule has 3 rings (SSSR count). The number of methoxy groups -OCH3 is 2. The Balaban J connectivity index is 1.93. The van der Waals surface area contributed by atoms with E-state index in [0.717, 1.165) is 0 Å². The second kappa shape index (κ2) is 6.88. The molecule has 1 aromatic heterocycles. The molecule has 0 aliphatic carbocycles. The van der Waals surface area contributed by atoms with Gasteiger partial charge in [-0.1, -0.05) is 0 Å². The first kappa shape index (κ1) is 16.3. The van der Waals surface area contributed by atoms with Crippen LogP contribution in [0.3, 0.4) is 0 Å². The summed E-state index contributed by atoms with van der Waals surface area (Å²) in [6, 6.07) is 3.23. The third kappa shape index (κ3) is 3.05. The Morgan fingerprint density at radius 3 is 2.54 bits per heavy atom. The molecule has 1 aliphatic rings. The van der Waals surface area contributed by atoms with Crippen molar-refractivity contribution in [2.75, 3.05) is 40.5 Å². The number of rotatable bonds is 4. The average Bonchev–Trinajstić information content (AvgIpc) is 2.63. The zero-order valence-electron chi connectivity index (χ0n) is 13.7. The van der Waals surface area contributed by atoms with Crippen LogP contribution in [-0.2, 0) is 16.1 Å². The van der Waals surface area contributed by atoms with E-state index in [4.69, 9.17) is 14.2 Å². The molecule has 0 atom stereocenters. The number of hydrogen-bond acceptors (Lipinski definition) is 6. The molecule has 1 saturated heterocycles. The fourth-order valence-electron chi connectivity index (χ4n) is 2.66. The Labute approximate surface area is 138 Å². The van der Waals surface area contributed by atoms with Crippen molar-refractivity contribution in [3.63, 3.8) is 0 Å². The highest BCUT2D eigenvalue weighted by Gasteiger charge is 2.18. The van der Waals surface area contributed by atoms with E-state index in [0.29, 0.717) is 48.7 Å². The summed E-state index contributed by atoms with van der Waals surface area (Å²) in [5, 5.41) is 0.380. The number of nitrogens with zero attached hydrogens (tertiary/aromatic N) is 3. The Morgan fingerprint density at radius 2 is 1.88 bits per heavy atom. The summed E-state index contributed by atoms with van der Waals surface area (Å²) in [5.41, 5.74) is 0.204. The standard InChI is InChI=1S/C16H19N3O5/c1-22-13-7-11-12(8-14(13)23-2)17-10-19(16(11)21)9-15(20)18-3-5-24-6-4-18/h7-8,10H,3-6,9H2,1-2H3. The molecular weight excluding hydrogens is 314 g/mol. The minimum Gasteiger partial charge on any atom is -0.493 e. The van der Waals surface area contributed by atoms with Crippen LogP contribution in [0.25, 0.3) is 10.9 Å². The third-order valence-electron chi connectivity index (χ3n) is 4.00. The molecule has 1 aromatic carbocycles. The predicted octanol–water partition coefficient (Wildman–Crippen LogP) is 0.272. The van der Waals surface area contributed by atoms with Crippen molar-refractivity contribution in [3.8, 4) is 11.5 Å². The first-order chi connectivity index (χ1) is 11.6. The fraction of sp³-hybridized carbons (Fsp3) is 0.438. The van der Waals surface area contributed by atoms with Crippen LogP contribution in [0, 0.1) is 0 Å². The molecule has 0 radical (unpaired) electrons. The number of ether oxygens (including phenoxy) is 3. The Bertz CT molecular complexity index is 811. The van der Waals surface area contributed by atoms with Crippen molar-refractivity contribution in [2.24, 2.45) is 0 Å². The Morgan fingerprint density at radius 1 is 1.21 bits per heavy atom. The van der Waals surface area contributed by atoms with Crippen molar-refractivity contribution < 1.29 is 19.0 Å². The fourth-order valence-corrected chi connectivity index (χ4v) is 2.66. The lowest BCUT2D eigenvalue weighted by Crippen LogP contribution is -2.43. The molecule has 0 saturated carbocycles. The number of benzene rings is 1. The minimum absolute atomic E-state index is 0.0455. The number of morpholine rings is 1. The van der Waals surface area contributed by atoms with Gasteiger partial charge in [0.25, 0.3) is 5.56 Å². The molecule has 0 N–H and O–H groups in total. The van der Waals surface area contributed by atoms with Gasteiger partial charge in [-0.3, -0.25) is 14.2 Å². The van der Waals surface area contributed by atoms with E-state index in [1.54, 1.807) is 17.0 Å². The van der Waals surface area contributed by atoms with Gasteiger partial charge in [0.15, 0.2) is 11.5 Å². The van der Waals surface area contributed by atoms with Crippen molar-refractivity contribution in [3.05, 3.63) is 28.8 Å². The van der Waals surface area contributed by atoms with Gasteiger partial charge < -0.3 is 19.1 Å². The van der Waals surface area contributed by atoms with Crippen LogP contribution in [0.2, 0.25) is 0 Å². The van der Waals surface area contributed by atoms with Gasteiger partial charge in [0, 0.05) is 19.2 Å². The molecular formula is C16H19N3O5. The van der Waals surface area contributed by atoms with Crippen LogP contribution in [0.15, 0.2) is 23.3 Å². The van der Waals surface area contributed by atoms with Crippen LogP contribution in [0.4, 0.5) is 0 Å². The summed E-state index contributed by atoms with van der Waals surface area (Å²) in [4.78, 5) is 30.9. The number of aromatic nitrogens is 2. The molecule has 2 heterocycles. The molecule has 0 unspecified atom stereocenters. The molecule has 0 spiro atoms. The van der Waals surface area contributed by atoms with Crippen molar-refractivity contribution in [2.45, 2.75) is 6.54 Å². The number of carbonyl (C=O) groups excluding carboxylic acids is 1. The molecule has 0 bridgehead atoms. The Kier molecular flexibility index (Phi) is 4.66. The van der Waals surface area contributed by atoms with Gasteiger partial charge in [0.1, 0.15) is 6.54 Å². The van der Waals surface area contributed by atoms with Crippen LogP contribution in [0.1, 0.15) is 0 Å². The van der Waals surface area contributed by atoms with Crippen molar-refractivity contribution >= 4 is 16.8 Å². The topological polar surface area (TPSA) is 82.9 Å². The third-order valence-corrected chi connectivity index (χ3v) is 4.00. The summed E-state index contributed by atoms with van der Waals surface area (Å²) < 4.78 is 17.0. The quantitative estimate of drug-likeness (QED) is 0.799. The molecule has 24 heavy (non-hydrogen) atoms. The molecule has 8 heteroatoms. The van der Waals surface area contributed by atoms with Crippen LogP contribution < -0.4 is 15.0 Å². The number of hydrogen-bond donors (Lipinski definition) is 0. The highest BCUT2D eigenvalue weighted by molar-refractivity contribution is 5.82. The molecule has 128 valence electrons. The van der Waals surface area contributed by atoms with Crippen molar-refractivity contribution in [1.82, 2.24) is 14.5 Å². The van der Waals surface area contributed by atoms with Gasteiger partial charge in [0.2, 0.25) is 5.91 Å². The van der Waals surface area contributed by atoms with Crippen LogP contribution in [-0.4, -0.2) is 60.9 Å². The summed E-state index contributed by atoms with van der Waals surface area (Å²) in [7, 11) is 3.02. The Hall–Kier alpha value is -2.61. The molecule has 1 fully saturated rings. The number of carbonyl (C=O) groups is 1. The van der Waals surface area contributed by atoms with E-state index in [1.165, 1.54) is 25.1 Å². The van der Waals surface area contributed by atoms with Crippen LogP contribution in [0.5, 0.6) is 11.5 Å². The largest absolute Gasteiger partial charge is 0.493 e. The van der Waals surface area contributed by atoms with Gasteiger partial charge in [-0.15, -0.1) is 0 Å². The van der Waals surface area contributed by atoms with Gasteiger partial charge in [0.05, 0.1) is 44.7 Å². The zero-order chi connectivity index (χ0) is 17.1. The highest BCUT2D eigenvalue weighted by Crippen LogP contribution is 2.29. The normalized spacial score (nSPS) is 14.7. The first-order valence-electron chi connectivity index (χ1n) is 7.60. The van der Waals surface area contributed by atoms with Crippen LogP contribution >= 0.6 is 0 Å². The van der Waals surface area contributed by atoms with E-state index in [1.807, 2.05) is 0 Å². The summed E-state index contributed by atoms with van der Waals surface area (Å²) in [5.74, 6) is 0.822. The number of amides is 1. The highest BCUT2D eigenvalue weighted by atomic mass is 16.5. The molecule has 8 nitrogen and oxygen atoms in total. The molecule has 2 aromatic rings. The van der Waals surface area contributed by atoms with Gasteiger partial charge in [-0.05, 0) is 6.07 Å². The van der Waals surface area contributed by atoms with Crippen molar-refractivity contribution in [1.29, 1.82) is 0 Å². The molecule has 1 amide bonds. The lowest BCUT2D eigenvalue weighted by atomic mass is 10.2. The minimum atomic E-state index is -0.289. The predicted molar refractivity (Wildman–Crippen MR) is 86.5 cm³/mol. The maximum atomic E-state index is 12.6. The maximum Gasteiger partial charge on any atom is 0.261 e. The van der Waals surface area contributed by atoms with E-state index in [2.05, 4.69) is 4.98 Å². The van der Waals surface area contributed by atoms with Gasteiger partial charge in [-0.2, -0.15) is 0 Å². The average molecular weight is 333 g/mol. The van der Waals surface area contributed by atoms with Gasteiger partial charge in [-0.25, -0.2) is 4.98 Å². The van der Waals surface area contributed by atoms with E-state index >= 15 is 0 Å². The summed E-state index contributed by atoms with van der Waals surface area (Å²) >= 11 is 0. The SMILES string of the molecule is COc1cc2ncn(CC(=O)N3CCOCC3)c(=O)c2cc1OC. The smallest absolute Gasteiger partial charge is 0.261 e. The van der Waals surface area contributed by atoms with Gasteiger partial charge >= 0.3 is 0 Å². The summed E-state index contributed by atoms with van der Waals surface area (Å²) in [6.07, 6.45) is 1.38. The lowest BCUT2D eigenvalue weighted by molar-refractivity contribution is -0.135. The maximum absolute atomic E-state index is 12.6. The second-order valence-electron chi connectivity index (χ2n) is 5.40. The second-order valence-corrected chi connectivity index (χ2v) is 5.40. The number of fused-ring (bicyclic) bond motifs is 1. The lowest BCUT2D eigenvalue weighted by Gasteiger charge is -2.27. The zero-order valence-corrected chi connectivity index (χ0v) is 13.7. The first-order valence-corrected chi connectivity index (χ1v) is 7.60. The molecule has 1 aliphatic heterocycles. The monoisotopic (exact) mass is 333 g/mol. The summed E-state index contributed by atoms with van der Waals surface area (Å²) in [6.45, 7) is 2.08. The van der Waals surface area contributed by atoms with E-state index < -0.39 is 0 Å². The van der Waals surface area contributed by atoms with E-state index in [-0.39, 0.29) is 18.0 Å².